The topological polar surface area (TPSA) is 151 Å². The minimum absolute atomic E-state index is 0.241. The summed E-state index contributed by atoms with van der Waals surface area (Å²) in [4.78, 5) is 64.1. The van der Waals surface area contributed by atoms with E-state index in [0.29, 0.717) is 50.8 Å². The lowest BCUT2D eigenvalue weighted by molar-refractivity contribution is -0.167. The molecule has 12 nitrogen and oxygen atoms in total. The van der Waals surface area contributed by atoms with Gasteiger partial charge in [0.15, 0.2) is 6.10 Å². The molecule has 46 heavy (non-hydrogen) atoms. The molecule has 3 heterocycles. The number of carbonyl (C=O) groups excluding carboxylic acids is 4. The summed E-state index contributed by atoms with van der Waals surface area (Å²) < 4.78 is 6.00. The van der Waals surface area contributed by atoms with Gasteiger partial charge in [0.25, 0.3) is 11.8 Å². The van der Waals surface area contributed by atoms with E-state index in [2.05, 4.69) is 21.2 Å². The van der Waals surface area contributed by atoms with E-state index in [1.807, 2.05) is 49.4 Å². The number of nitrogens with zero attached hydrogens (tertiary/aromatic N) is 3. The predicted octanol–water partition coefficient (Wildman–Crippen LogP) is 3.57. The lowest BCUT2D eigenvalue weighted by atomic mass is 9.73. The molecular formula is C34H44N6O6. The SMILES string of the molecule is CON=C1CCC2(C=Cc3ccc4ccc(nc4c3)[C@@H](C)NC(=O)[C@@H]3CCCN(N3)C(=O)[C@H](C)NC(=O)[C@H](C(C)C)OC2=O)CC1. The summed E-state index contributed by atoms with van der Waals surface area (Å²) in [6.45, 7) is 7.44. The predicted molar refractivity (Wildman–Crippen MR) is 173 cm³/mol. The van der Waals surface area contributed by atoms with Gasteiger partial charge in [0.2, 0.25) is 5.91 Å². The van der Waals surface area contributed by atoms with E-state index < -0.39 is 35.5 Å². The van der Waals surface area contributed by atoms with Gasteiger partial charge in [-0.1, -0.05) is 49.4 Å². The van der Waals surface area contributed by atoms with E-state index in [9.17, 15) is 19.2 Å². The van der Waals surface area contributed by atoms with E-state index in [0.717, 1.165) is 22.2 Å². The Morgan fingerprint density at radius 1 is 1.02 bits per heavy atom. The van der Waals surface area contributed by atoms with Crippen LogP contribution in [0.15, 0.2) is 41.6 Å². The number of pyridine rings is 1. The molecule has 246 valence electrons. The quantitative estimate of drug-likeness (QED) is 0.336. The largest absolute Gasteiger partial charge is 0.451 e. The van der Waals surface area contributed by atoms with Crippen LogP contribution in [0.2, 0.25) is 0 Å². The molecule has 0 radical (unpaired) electrons. The van der Waals surface area contributed by atoms with Crippen molar-refractivity contribution in [3.05, 3.63) is 47.7 Å². The van der Waals surface area contributed by atoms with Crippen molar-refractivity contribution >= 4 is 46.4 Å². The van der Waals surface area contributed by atoms with E-state index >= 15 is 0 Å². The third-order valence-corrected chi connectivity index (χ3v) is 9.08. The fourth-order valence-corrected chi connectivity index (χ4v) is 6.23. The van der Waals surface area contributed by atoms with Crippen LogP contribution < -0.4 is 16.1 Å². The highest BCUT2D eigenvalue weighted by molar-refractivity contribution is 5.93. The number of carbonyl (C=O) groups is 4. The Morgan fingerprint density at radius 2 is 1.74 bits per heavy atom. The van der Waals surface area contributed by atoms with Crippen molar-refractivity contribution in [2.24, 2.45) is 16.5 Å². The number of benzene rings is 1. The van der Waals surface area contributed by atoms with Crippen LogP contribution in [-0.2, 0) is 28.8 Å². The molecule has 5 rings (SSSR count). The maximum atomic E-state index is 14.0. The van der Waals surface area contributed by atoms with Crippen LogP contribution >= 0.6 is 0 Å². The standard InChI is InChI=1S/C34H44N6O6/c1-20(2)29-31(42)36-22(4)32(43)40-18-6-7-27(38-40)30(41)35-21(3)26-11-10-24-9-8-23(19-28(24)37-26)12-15-34(33(44)46-29)16-13-25(14-17-34)39-45-5/h8-12,15,19-22,27,29,38H,6-7,13-14,16-18H2,1-5H3,(H,35,41)(H,36,42)/t21-,22+,27+,29+,34?/m1/s1. The first-order chi connectivity index (χ1) is 22.0. The van der Waals surface area contributed by atoms with Crippen molar-refractivity contribution in [3.8, 4) is 0 Å². The van der Waals surface area contributed by atoms with Crippen molar-refractivity contribution in [2.45, 2.75) is 90.4 Å². The third-order valence-electron chi connectivity index (χ3n) is 9.08. The van der Waals surface area contributed by atoms with Crippen LogP contribution in [0.1, 0.15) is 83.5 Å². The average Bonchev–Trinajstić information content (AvgIpc) is 3.05. The van der Waals surface area contributed by atoms with Crippen molar-refractivity contribution in [1.82, 2.24) is 26.1 Å². The molecule has 1 aromatic heterocycles. The van der Waals surface area contributed by atoms with Gasteiger partial charge in [-0.2, -0.15) is 0 Å². The van der Waals surface area contributed by atoms with Crippen molar-refractivity contribution < 1.29 is 28.8 Å². The molecule has 1 aliphatic carbocycles. The van der Waals surface area contributed by atoms with Crippen LogP contribution in [0.25, 0.3) is 17.0 Å². The number of aromatic nitrogens is 1. The lowest BCUT2D eigenvalue weighted by Gasteiger charge is -2.36. The van der Waals surface area contributed by atoms with E-state index in [1.165, 1.54) is 12.1 Å². The van der Waals surface area contributed by atoms with Crippen LogP contribution in [0.5, 0.6) is 0 Å². The molecule has 2 aromatic rings. The highest BCUT2D eigenvalue weighted by Crippen LogP contribution is 2.39. The Morgan fingerprint density at radius 3 is 2.46 bits per heavy atom. The van der Waals surface area contributed by atoms with Crippen molar-refractivity contribution in [1.29, 1.82) is 0 Å². The Bertz CT molecular complexity index is 1540. The molecule has 2 aliphatic heterocycles. The maximum absolute atomic E-state index is 14.0. The third kappa shape index (κ3) is 7.22. The summed E-state index contributed by atoms with van der Waals surface area (Å²) in [5, 5.41) is 12.2. The van der Waals surface area contributed by atoms with Gasteiger partial charge in [-0.25, -0.2) is 5.43 Å². The smallest absolute Gasteiger partial charge is 0.316 e. The number of hydrogen-bond acceptors (Lipinski definition) is 9. The molecule has 5 bridgehead atoms. The molecule has 1 aromatic carbocycles. The first kappa shape index (κ1) is 33.1. The van der Waals surface area contributed by atoms with Gasteiger partial charge in [-0.3, -0.25) is 29.2 Å². The van der Waals surface area contributed by atoms with Gasteiger partial charge in [0.1, 0.15) is 19.2 Å². The van der Waals surface area contributed by atoms with E-state index in [1.54, 1.807) is 20.8 Å². The number of esters is 1. The number of rotatable bonds is 2. The molecule has 2 fully saturated rings. The number of oxime groups is 1. The van der Waals surface area contributed by atoms with Crippen LogP contribution in [0.4, 0.5) is 0 Å². The van der Waals surface area contributed by atoms with Crippen molar-refractivity contribution in [3.63, 3.8) is 0 Å². The number of fused-ring (bicyclic) bond motifs is 4. The fourth-order valence-electron chi connectivity index (χ4n) is 6.23. The Balaban J connectivity index is 1.53. The normalized spacial score (nSPS) is 28.2. The fraction of sp³-hybridized carbons (Fsp3) is 0.529. The second kappa shape index (κ2) is 14.0. The second-order valence-corrected chi connectivity index (χ2v) is 12.9. The average molecular weight is 633 g/mol. The zero-order chi connectivity index (χ0) is 33.0. The number of cyclic esters (lactones) is 1. The monoisotopic (exact) mass is 632 g/mol. The molecule has 1 saturated heterocycles. The summed E-state index contributed by atoms with van der Waals surface area (Å²) in [6, 6.07) is 7.81. The maximum Gasteiger partial charge on any atom is 0.316 e. The summed E-state index contributed by atoms with van der Waals surface area (Å²) >= 11 is 0. The van der Waals surface area contributed by atoms with Gasteiger partial charge in [-0.05, 0) is 76.0 Å². The van der Waals surface area contributed by atoms with Crippen LogP contribution in [0.3, 0.4) is 0 Å². The highest BCUT2D eigenvalue weighted by Gasteiger charge is 2.43. The molecule has 1 spiro atoms. The van der Waals surface area contributed by atoms with Gasteiger partial charge < -0.3 is 20.2 Å². The molecule has 12 heteroatoms. The zero-order valence-electron chi connectivity index (χ0n) is 27.2. The summed E-state index contributed by atoms with van der Waals surface area (Å²) in [6.07, 6.45) is 5.75. The molecule has 3 aliphatic rings. The van der Waals surface area contributed by atoms with Gasteiger partial charge in [-0.15, -0.1) is 0 Å². The zero-order valence-corrected chi connectivity index (χ0v) is 27.2. The van der Waals surface area contributed by atoms with Gasteiger partial charge >= 0.3 is 5.97 Å². The Labute approximate surface area is 269 Å². The Hall–Kier alpha value is -4.32. The minimum atomic E-state index is -1.12. The molecule has 3 amide bonds. The van der Waals surface area contributed by atoms with E-state index in [-0.39, 0.29) is 23.8 Å². The number of nitrogens with one attached hydrogen (secondary N) is 3. The van der Waals surface area contributed by atoms with Gasteiger partial charge in [0.05, 0.1) is 28.4 Å². The Kier molecular flexibility index (Phi) is 10.0. The van der Waals surface area contributed by atoms with Gasteiger partial charge in [0, 0.05) is 11.9 Å². The van der Waals surface area contributed by atoms with Crippen molar-refractivity contribution in [2.75, 3.05) is 13.7 Å². The summed E-state index contributed by atoms with van der Waals surface area (Å²) in [5.41, 5.74) is 5.19. The van der Waals surface area contributed by atoms with Crippen LogP contribution in [-0.4, -0.2) is 71.2 Å². The molecule has 4 atom stereocenters. The first-order valence-corrected chi connectivity index (χ1v) is 16.1. The van der Waals surface area contributed by atoms with E-state index in [4.69, 9.17) is 14.6 Å². The second-order valence-electron chi connectivity index (χ2n) is 12.9. The molecule has 3 N–H and O–H groups in total. The number of hydrogen-bond donors (Lipinski definition) is 3. The molecule has 1 saturated carbocycles. The van der Waals surface area contributed by atoms with Crippen LogP contribution in [0, 0.1) is 11.3 Å². The lowest BCUT2D eigenvalue weighted by Crippen LogP contribution is -2.61. The molecular weight excluding hydrogens is 588 g/mol. The summed E-state index contributed by atoms with van der Waals surface area (Å²) in [5.74, 6) is -2.04. The highest BCUT2D eigenvalue weighted by atomic mass is 16.6. The number of amides is 3. The first-order valence-electron chi connectivity index (χ1n) is 16.1. The summed E-state index contributed by atoms with van der Waals surface area (Å²) in [7, 11) is 1.50. The number of ether oxygens (including phenoxy) is 1. The molecule has 0 unspecified atom stereocenters. The minimum Gasteiger partial charge on any atom is -0.451 e. The number of hydrazine groups is 1.